The molecule has 0 aliphatic rings. The molecule has 2 N–H and O–H groups in total. The van der Waals surface area contributed by atoms with Gasteiger partial charge in [0, 0.05) is 6.54 Å². The number of nitrogens with zero attached hydrogens (tertiary/aromatic N) is 2. The lowest BCUT2D eigenvalue weighted by molar-refractivity contribution is -0.118. The van der Waals surface area contributed by atoms with Gasteiger partial charge in [-0.3, -0.25) is 9.89 Å². The van der Waals surface area contributed by atoms with Crippen LogP contribution in [-0.2, 0) is 11.2 Å². The van der Waals surface area contributed by atoms with Crippen LogP contribution < -0.4 is 5.32 Å². The lowest BCUT2D eigenvalue weighted by atomic mass is 10.1. The Balaban J connectivity index is 1.45. The van der Waals surface area contributed by atoms with E-state index in [1.165, 1.54) is 18.2 Å². The molecule has 0 spiro atoms. The number of nitrogens with one attached hydrogen (secondary N) is 2. The Morgan fingerprint density at radius 2 is 1.88 bits per heavy atom. The molecule has 0 aliphatic heterocycles. The smallest absolute Gasteiger partial charge is 0.230 e. The van der Waals surface area contributed by atoms with Crippen LogP contribution in [0.15, 0.2) is 53.7 Å². The van der Waals surface area contributed by atoms with Crippen LogP contribution in [0.3, 0.4) is 0 Å². The second-order valence-electron chi connectivity index (χ2n) is 5.46. The van der Waals surface area contributed by atoms with E-state index in [4.69, 9.17) is 0 Å². The van der Waals surface area contributed by atoms with Gasteiger partial charge in [-0.1, -0.05) is 36.0 Å². The van der Waals surface area contributed by atoms with Gasteiger partial charge in [0.15, 0.2) is 5.82 Å². The van der Waals surface area contributed by atoms with Gasteiger partial charge in [-0.25, -0.2) is 13.8 Å². The number of H-pyrrole nitrogens is 1. The summed E-state index contributed by atoms with van der Waals surface area (Å²) in [6, 6.07) is 12.4. The molecule has 26 heavy (non-hydrogen) atoms. The van der Waals surface area contributed by atoms with Crippen LogP contribution in [0.5, 0.6) is 0 Å². The van der Waals surface area contributed by atoms with Crippen molar-refractivity contribution in [3.05, 3.63) is 65.7 Å². The van der Waals surface area contributed by atoms with E-state index in [-0.39, 0.29) is 17.5 Å². The second kappa shape index (κ2) is 8.57. The van der Waals surface area contributed by atoms with Gasteiger partial charge in [0.2, 0.25) is 11.1 Å². The third-order valence-corrected chi connectivity index (χ3v) is 4.42. The lowest BCUT2D eigenvalue weighted by Crippen LogP contribution is -2.27. The average Bonchev–Trinajstić information content (AvgIpc) is 3.11. The molecule has 2 aromatic carbocycles. The summed E-state index contributed by atoms with van der Waals surface area (Å²) >= 11 is 1.16. The number of rotatable bonds is 7. The Morgan fingerprint density at radius 1 is 1.12 bits per heavy atom. The van der Waals surface area contributed by atoms with Crippen LogP contribution in [0.2, 0.25) is 0 Å². The summed E-state index contributed by atoms with van der Waals surface area (Å²) in [7, 11) is 0. The third kappa shape index (κ3) is 4.89. The third-order valence-electron chi connectivity index (χ3n) is 3.58. The summed E-state index contributed by atoms with van der Waals surface area (Å²) in [5.41, 5.74) is 1.28. The molecule has 0 atom stereocenters. The highest BCUT2D eigenvalue weighted by Gasteiger charge is 2.11. The Hall–Kier alpha value is -2.74. The first-order valence-electron chi connectivity index (χ1n) is 7.93. The molecule has 5 nitrogen and oxygen atoms in total. The quantitative estimate of drug-likeness (QED) is 0.623. The van der Waals surface area contributed by atoms with E-state index in [9.17, 15) is 13.6 Å². The summed E-state index contributed by atoms with van der Waals surface area (Å²) in [6.07, 6.45) is 0.620. The number of carbonyl (C=O) groups is 1. The van der Waals surface area contributed by atoms with Crippen molar-refractivity contribution in [3.8, 4) is 11.4 Å². The molecule has 0 saturated heterocycles. The SMILES string of the molecule is O=C(CSc1n[nH]c(-c2ccccc2F)n1)NCCc1ccc(F)cc1. The number of hydrogen-bond donors (Lipinski definition) is 2. The number of benzene rings is 2. The number of thioether (sulfide) groups is 1. The van der Waals surface area contributed by atoms with Crippen molar-refractivity contribution >= 4 is 17.7 Å². The van der Waals surface area contributed by atoms with Gasteiger partial charge < -0.3 is 5.32 Å². The van der Waals surface area contributed by atoms with Crippen molar-refractivity contribution in [2.75, 3.05) is 12.3 Å². The maximum Gasteiger partial charge on any atom is 0.230 e. The van der Waals surface area contributed by atoms with E-state index >= 15 is 0 Å². The zero-order valence-corrected chi connectivity index (χ0v) is 14.5. The number of amides is 1. The summed E-state index contributed by atoms with van der Waals surface area (Å²) in [4.78, 5) is 16.1. The van der Waals surface area contributed by atoms with Gasteiger partial charge >= 0.3 is 0 Å². The fourth-order valence-electron chi connectivity index (χ4n) is 2.26. The first-order chi connectivity index (χ1) is 12.6. The molecular weight excluding hydrogens is 358 g/mol. The van der Waals surface area contributed by atoms with Crippen molar-refractivity contribution in [2.24, 2.45) is 0 Å². The summed E-state index contributed by atoms with van der Waals surface area (Å²) in [5.74, 6) is -0.358. The molecule has 1 heterocycles. The Labute approximate surface area is 153 Å². The Kier molecular flexibility index (Phi) is 5.96. The molecule has 0 radical (unpaired) electrons. The maximum atomic E-state index is 13.7. The highest BCUT2D eigenvalue weighted by Crippen LogP contribution is 2.21. The standard InChI is InChI=1S/C18H16F2N4OS/c19-13-7-5-12(6-8-13)9-10-21-16(25)11-26-18-22-17(23-24-18)14-3-1-2-4-15(14)20/h1-8H,9-11H2,(H,21,25)(H,22,23,24). The fourth-order valence-corrected chi connectivity index (χ4v) is 2.89. The van der Waals surface area contributed by atoms with E-state index in [1.807, 2.05) is 0 Å². The number of halogens is 2. The van der Waals surface area contributed by atoms with Crippen LogP contribution in [0, 0.1) is 11.6 Å². The van der Waals surface area contributed by atoms with Crippen molar-refractivity contribution in [1.29, 1.82) is 0 Å². The molecule has 0 fully saturated rings. The molecule has 3 rings (SSSR count). The molecule has 8 heteroatoms. The molecule has 0 saturated carbocycles. The normalized spacial score (nSPS) is 10.7. The minimum absolute atomic E-state index is 0.151. The summed E-state index contributed by atoms with van der Waals surface area (Å²) in [5, 5.41) is 9.81. The van der Waals surface area contributed by atoms with Crippen LogP contribution in [0.4, 0.5) is 8.78 Å². The topological polar surface area (TPSA) is 70.7 Å². The molecule has 3 aromatic rings. The zero-order valence-electron chi connectivity index (χ0n) is 13.7. The number of carbonyl (C=O) groups excluding carboxylic acids is 1. The average molecular weight is 374 g/mol. The maximum absolute atomic E-state index is 13.7. The molecule has 1 amide bonds. The molecular formula is C18H16F2N4OS. The number of hydrogen-bond acceptors (Lipinski definition) is 4. The van der Waals surface area contributed by atoms with Gasteiger partial charge in [0.1, 0.15) is 11.6 Å². The van der Waals surface area contributed by atoms with Crippen LogP contribution >= 0.6 is 11.8 Å². The second-order valence-corrected chi connectivity index (χ2v) is 6.40. The van der Waals surface area contributed by atoms with E-state index in [2.05, 4.69) is 20.5 Å². The molecule has 0 unspecified atom stereocenters. The Bertz CT molecular complexity index is 883. The summed E-state index contributed by atoms with van der Waals surface area (Å²) < 4.78 is 26.5. The van der Waals surface area contributed by atoms with Gasteiger partial charge in [-0.2, -0.15) is 0 Å². The first-order valence-corrected chi connectivity index (χ1v) is 8.91. The van der Waals surface area contributed by atoms with Crippen LogP contribution in [-0.4, -0.2) is 33.4 Å². The fraction of sp³-hybridized carbons (Fsp3) is 0.167. The monoisotopic (exact) mass is 374 g/mol. The van der Waals surface area contributed by atoms with Crippen molar-refractivity contribution in [1.82, 2.24) is 20.5 Å². The lowest BCUT2D eigenvalue weighted by Gasteiger charge is -2.04. The number of aromatic amines is 1. The van der Waals surface area contributed by atoms with Gasteiger partial charge in [0.25, 0.3) is 0 Å². The van der Waals surface area contributed by atoms with E-state index < -0.39 is 5.82 Å². The van der Waals surface area contributed by atoms with Crippen LogP contribution in [0.25, 0.3) is 11.4 Å². The largest absolute Gasteiger partial charge is 0.355 e. The first kappa shape index (κ1) is 18.1. The molecule has 134 valence electrons. The van der Waals surface area contributed by atoms with E-state index in [0.29, 0.717) is 29.5 Å². The van der Waals surface area contributed by atoms with Gasteiger partial charge in [0.05, 0.1) is 11.3 Å². The molecule has 0 bridgehead atoms. The predicted octanol–water partition coefficient (Wildman–Crippen LogP) is 3.20. The summed E-state index contributed by atoms with van der Waals surface area (Å²) in [6.45, 7) is 0.458. The zero-order chi connectivity index (χ0) is 18.4. The van der Waals surface area contributed by atoms with E-state index in [1.54, 1.807) is 30.3 Å². The molecule has 0 aliphatic carbocycles. The van der Waals surface area contributed by atoms with Gasteiger partial charge in [-0.05, 0) is 36.2 Å². The molecule has 1 aromatic heterocycles. The van der Waals surface area contributed by atoms with E-state index in [0.717, 1.165) is 17.3 Å². The van der Waals surface area contributed by atoms with Crippen molar-refractivity contribution in [3.63, 3.8) is 0 Å². The van der Waals surface area contributed by atoms with Crippen molar-refractivity contribution < 1.29 is 13.6 Å². The number of aromatic nitrogens is 3. The minimum Gasteiger partial charge on any atom is -0.355 e. The van der Waals surface area contributed by atoms with Gasteiger partial charge in [-0.15, -0.1) is 5.10 Å². The van der Waals surface area contributed by atoms with Crippen molar-refractivity contribution in [2.45, 2.75) is 11.6 Å². The highest BCUT2D eigenvalue weighted by atomic mass is 32.2. The minimum atomic E-state index is -0.390. The highest BCUT2D eigenvalue weighted by molar-refractivity contribution is 7.99. The Morgan fingerprint density at radius 3 is 2.65 bits per heavy atom. The van der Waals surface area contributed by atoms with Crippen LogP contribution in [0.1, 0.15) is 5.56 Å². The predicted molar refractivity (Wildman–Crippen MR) is 95.6 cm³/mol.